The summed E-state index contributed by atoms with van der Waals surface area (Å²) in [6.07, 6.45) is -0.651. The van der Waals surface area contributed by atoms with Gasteiger partial charge in [0.15, 0.2) is 0 Å². The lowest BCUT2D eigenvalue weighted by Crippen LogP contribution is -2.36. The second kappa shape index (κ2) is 5.51. The number of halogens is 1. The molecule has 0 fully saturated rings. The van der Waals surface area contributed by atoms with E-state index >= 15 is 0 Å². The molecule has 0 aliphatic carbocycles. The number of ether oxygens (including phenoxy) is 1. The Morgan fingerprint density at radius 3 is 2.75 bits per heavy atom. The fraction of sp³-hybridized carbons (Fsp3) is 0.250. The van der Waals surface area contributed by atoms with Crippen molar-refractivity contribution in [2.24, 2.45) is 0 Å². The first-order valence-electron chi connectivity index (χ1n) is 6.65. The van der Waals surface area contributed by atoms with Gasteiger partial charge in [-0.1, -0.05) is 36.4 Å². The van der Waals surface area contributed by atoms with Crippen molar-refractivity contribution in [3.8, 4) is 5.75 Å². The number of para-hydroxylation sites is 1. The van der Waals surface area contributed by atoms with Crippen molar-refractivity contribution in [3.63, 3.8) is 0 Å². The topological polar surface area (TPSA) is 32.7 Å². The van der Waals surface area contributed by atoms with Crippen LogP contribution in [0.5, 0.6) is 5.75 Å². The van der Waals surface area contributed by atoms with E-state index in [-0.39, 0.29) is 5.82 Å². The minimum Gasteiger partial charge on any atom is -0.489 e. The zero-order valence-electron chi connectivity index (χ0n) is 11.0. The van der Waals surface area contributed by atoms with Gasteiger partial charge in [-0.2, -0.15) is 0 Å². The summed E-state index contributed by atoms with van der Waals surface area (Å²) in [5.41, 5.74) is 1.27. The standard InChI is InChI=1S/C16H16FNO2/c17-13-7-4-8-15-16(13)18(9-10-20-15)11-14(19)12-5-2-1-3-6-12/h1-8,14,19H,9-11H2. The van der Waals surface area contributed by atoms with Crippen LogP contribution in [0.4, 0.5) is 10.1 Å². The number of aliphatic hydroxyl groups is 1. The van der Waals surface area contributed by atoms with E-state index in [1.165, 1.54) is 6.07 Å². The van der Waals surface area contributed by atoms with Crippen molar-refractivity contribution in [1.29, 1.82) is 0 Å². The molecule has 0 radical (unpaired) electrons. The zero-order valence-corrected chi connectivity index (χ0v) is 11.0. The van der Waals surface area contributed by atoms with Crippen molar-refractivity contribution in [2.75, 3.05) is 24.6 Å². The molecule has 0 saturated heterocycles. The number of hydrogen-bond donors (Lipinski definition) is 1. The first-order chi connectivity index (χ1) is 9.75. The van der Waals surface area contributed by atoms with Crippen LogP contribution in [0, 0.1) is 5.82 Å². The lowest BCUT2D eigenvalue weighted by atomic mass is 10.1. The molecule has 1 atom stereocenters. The smallest absolute Gasteiger partial charge is 0.150 e. The van der Waals surface area contributed by atoms with Crippen LogP contribution < -0.4 is 9.64 Å². The molecule has 20 heavy (non-hydrogen) atoms. The van der Waals surface area contributed by atoms with Gasteiger partial charge in [0.1, 0.15) is 23.9 Å². The lowest BCUT2D eigenvalue weighted by Gasteiger charge is -2.33. The van der Waals surface area contributed by atoms with Gasteiger partial charge in [-0.25, -0.2) is 4.39 Å². The maximum Gasteiger partial charge on any atom is 0.150 e. The van der Waals surface area contributed by atoms with Crippen molar-refractivity contribution >= 4 is 5.69 Å². The highest BCUT2D eigenvalue weighted by molar-refractivity contribution is 5.61. The Morgan fingerprint density at radius 1 is 1.15 bits per heavy atom. The molecule has 0 saturated carbocycles. The summed E-state index contributed by atoms with van der Waals surface area (Å²) in [5, 5.41) is 10.3. The molecule has 104 valence electrons. The fourth-order valence-electron chi connectivity index (χ4n) is 2.47. The molecule has 0 aromatic heterocycles. The second-order valence-corrected chi connectivity index (χ2v) is 4.81. The molecule has 3 rings (SSSR count). The highest BCUT2D eigenvalue weighted by Gasteiger charge is 2.24. The molecule has 1 heterocycles. The number of anilines is 1. The van der Waals surface area contributed by atoms with Gasteiger partial charge in [0, 0.05) is 6.54 Å². The summed E-state index contributed by atoms with van der Waals surface area (Å²) in [5.74, 6) is 0.221. The SMILES string of the molecule is OC(CN1CCOc2cccc(F)c21)c1ccccc1. The first-order valence-corrected chi connectivity index (χ1v) is 6.65. The van der Waals surface area contributed by atoms with Gasteiger partial charge < -0.3 is 14.7 Å². The van der Waals surface area contributed by atoms with Gasteiger partial charge in [0.2, 0.25) is 0 Å². The van der Waals surface area contributed by atoms with E-state index < -0.39 is 6.10 Å². The molecule has 4 heteroatoms. The molecule has 1 N–H and O–H groups in total. The minimum atomic E-state index is -0.651. The number of rotatable bonds is 3. The average Bonchev–Trinajstić information content (AvgIpc) is 2.48. The molecule has 1 aliphatic heterocycles. The molecule has 2 aromatic carbocycles. The Hall–Kier alpha value is -2.07. The van der Waals surface area contributed by atoms with Crippen LogP contribution in [0.1, 0.15) is 11.7 Å². The monoisotopic (exact) mass is 273 g/mol. The second-order valence-electron chi connectivity index (χ2n) is 4.81. The van der Waals surface area contributed by atoms with Gasteiger partial charge in [-0.3, -0.25) is 0 Å². The Labute approximate surface area is 117 Å². The summed E-state index contributed by atoms with van der Waals surface area (Å²) in [4.78, 5) is 1.84. The van der Waals surface area contributed by atoms with E-state index in [1.54, 1.807) is 12.1 Å². The number of hydrogen-bond acceptors (Lipinski definition) is 3. The third kappa shape index (κ3) is 2.47. The van der Waals surface area contributed by atoms with E-state index in [1.807, 2.05) is 35.2 Å². The predicted octanol–water partition coefficient (Wildman–Crippen LogP) is 2.76. The van der Waals surface area contributed by atoms with E-state index in [2.05, 4.69) is 0 Å². The Morgan fingerprint density at radius 2 is 1.95 bits per heavy atom. The van der Waals surface area contributed by atoms with Gasteiger partial charge in [0.25, 0.3) is 0 Å². The fourth-order valence-corrected chi connectivity index (χ4v) is 2.47. The van der Waals surface area contributed by atoms with Gasteiger partial charge in [-0.05, 0) is 17.7 Å². The van der Waals surface area contributed by atoms with E-state index in [0.717, 1.165) is 5.56 Å². The number of nitrogens with zero attached hydrogens (tertiary/aromatic N) is 1. The predicted molar refractivity (Wildman–Crippen MR) is 75.5 cm³/mol. The third-order valence-corrected chi connectivity index (χ3v) is 3.46. The van der Waals surface area contributed by atoms with Crippen LogP contribution >= 0.6 is 0 Å². The summed E-state index contributed by atoms with van der Waals surface area (Å²) in [7, 11) is 0. The molecule has 0 spiro atoms. The molecule has 0 amide bonds. The lowest BCUT2D eigenvalue weighted by molar-refractivity contribution is 0.178. The van der Waals surface area contributed by atoms with Gasteiger partial charge in [0.05, 0.1) is 12.6 Å². The molecule has 0 bridgehead atoms. The van der Waals surface area contributed by atoms with E-state index in [9.17, 15) is 9.50 Å². The largest absolute Gasteiger partial charge is 0.489 e. The quantitative estimate of drug-likeness (QED) is 0.933. The zero-order chi connectivity index (χ0) is 13.9. The van der Waals surface area contributed by atoms with Crippen molar-refractivity contribution in [3.05, 3.63) is 59.9 Å². The normalized spacial score (nSPS) is 15.4. The molecule has 1 unspecified atom stereocenters. The summed E-state index contributed by atoms with van der Waals surface area (Å²) in [6.45, 7) is 1.41. The molecular weight excluding hydrogens is 257 g/mol. The summed E-state index contributed by atoms with van der Waals surface area (Å²) < 4.78 is 19.4. The Balaban J connectivity index is 1.83. The third-order valence-electron chi connectivity index (χ3n) is 3.46. The summed E-state index contributed by atoms with van der Waals surface area (Å²) >= 11 is 0. The molecule has 3 nitrogen and oxygen atoms in total. The van der Waals surface area contributed by atoms with Crippen LogP contribution in [-0.2, 0) is 0 Å². The van der Waals surface area contributed by atoms with Crippen LogP contribution in [0.2, 0.25) is 0 Å². The van der Waals surface area contributed by atoms with Crippen LogP contribution in [0.3, 0.4) is 0 Å². The van der Waals surface area contributed by atoms with Crippen molar-refractivity contribution in [1.82, 2.24) is 0 Å². The van der Waals surface area contributed by atoms with Gasteiger partial charge >= 0.3 is 0 Å². The number of fused-ring (bicyclic) bond motifs is 1. The maximum absolute atomic E-state index is 14.0. The van der Waals surface area contributed by atoms with Crippen LogP contribution in [0.25, 0.3) is 0 Å². The Kier molecular flexibility index (Phi) is 3.56. The van der Waals surface area contributed by atoms with E-state index in [4.69, 9.17) is 4.74 Å². The Bertz CT molecular complexity index is 588. The summed E-state index contributed by atoms with van der Waals surface area (Å²) in [6, 6.07) is 14.2. The highest BCUT2D eigenvalue weighted by Crippen LogP contribution is 2.34. The van der Waals surface area contributed by atoms with Crippen LogP contribution in [0.15, 0.2) is 48.5 Å². The number of β-amino-alcohol motifs (C(OH)–C–C–N with tert-alkyl or cyclic N) is 1. The highest BCUT2D eigenvalue weighted by atomic mass is 19.1. The van der Waals surface area contributed by atoms with Gasteiger partial charge in [-0.15, -0.1) is 0 Å². The average molecular weight is 273 g/mol. The van der Waals surface area contributed by atoms with Crippen LogP contribution in [-0.4, -0.2) is 24.8 Å². The molecular formula is C16H16FNO2. The molecule has 1 aliphatic rings. The minimum absolute atomic E-state index is 0.317. The van der Waals surface area contributed by atoms with Crippen molar-refractivity contribution < 1.29 is 14.2 Å². The number of benzene rings is 2. The first kappa shape index (κ1) is 12.9. The van der Waals surface area contributed by atoms with E-state index in [0.29, 0.717) is 31.1 Å². The maximum atomic E-state index is 14.0. The van der Waals surface area contributed by atoms with Crippen molar-refractivity contribution in [2.45, 2.75) is 6.10 Å². The molecule has 2 aromatic rings. The number of aliphatic hydroxyl groups excluding tert-OH is 1.